The second-order valence-corrected chi connectivity index (χ2v) is 4.56. The molecule has 1 atom stereocenters. The van der Waals surface area contributed by atoms with E-state index in [-0.39, 0.29) is 17.7 Å². The van der Waals surface area contributed by atoms with Crippen molar-refractivity contribution in [1.29, 1.82) is 0 Å². The van der Waals surface area contributed by atoms with E-state index in [0.29, 0.717) is 12.0 Å². The molecule has 1 aliphatic carbocycles. The van der Waals surface area contributed by atoms with Crippen LogP contribution in [0.4, 0.5) is 10.1 Å². The zero-order valence-corrected chi connectivity index (χ0v) is 10.8. The molecular weight excluding hydrogens is 249 g/mol. The maximum atomic E-state index is 13.6. The van der Waals surface area contributed by atoms with Crippen LogP contribution in [0.15, 0.2) is 18.2 Å². The monoisotopic (exact) mass is 263 g/mol. The summed E-state index contributed by atoms with van der Waals surface area (Å²) in [5.41, 5.74) is 1.03. The smallest absolute Gasteiger partial charge is 0.230 e. The van der Waals surface area contributed by atoms with Gasteiger partial charge in [-0.05, 0) is 24.5 Å². The van der Waals surface area contributed by atoms with Gasteiger partial charge in [0.05, 0.1) is 5.69 Å². The highest BCUT2D eigenvalue weighted by Gasteiger charge is 2.32. The molecule has 1 aromatic carbocycles. The predicted octanol–water partition coefficient (Wildman–Crippen LogP) is 2.05. The van der Waals surface area contributed by atoms with Crippen molar-refractivity contribution in [3.8, 4) is 0 Å². The Morgan fingerprint density at radius 2 is 1.89 bits per heavy atom. The molecule has 0 fully saturated rings. The van der Waals surface area contributed by atoms with Crippen LogP contribution in [-0.4, -0.2) is 23.8 Å². The number of ketones is 1. The minimum atomic E-state index is -1.56. The van der Waals surface area contributed by atoms with E-state index in [1.54, 1.807) is 12.1 Å². The minimum absolute atomic E-state index is 0.148. The molecule has 0 saturated carbocycles. The summed E-state index contributed by atoms with van der Waals surface area (Å²) in [5.74, 6) is -1.63. The largest absolute Gasteiger partial charge is 0.291 e. The summed E-state index contributed by atoms with van der Waals surface area (Å²) in [4.78, 5) is 36.0. The van der Waals surface area contributed by atoms with Crippen LogP contribution in [0.5, 0.6) is 0 Å². The van der Waals surface area contributed by atoms with Crippen molar-refractivity contribution in [3.05, 3.63) is 29.3 Å². The third kappa shape index (κ3) is 2.28. The van der Waals surface area contributed by atoms with E-state index in [4.69, 9.17) is 0 Å². The summed E-state index contributed by atoms with van der Waals surface area (Å²) < 4.78 is 13.6. The van der Waals surface area contributed by atoms with Crippen LogP contribution in [0, 0.1) is 0 Å². The molecule has 5 heteroatoms. The number of Topliss-reactive ketones (excluding diaryl/α,β-unsaturated/α-hetero) is 1. The zero-order valence-electron chi connectivity index (χ0n) is 10.8. The quantitative estimate of drug-likeness (QED) is 0.779. The highest BCUT2D eigenvalue weighted by molar-refractivity contribution is 6.18. The zero-order chi connectivity index (χ0) is 14.2. The van der Waals surface area contributed by atoms with E-state index in [1.807, 2.05) is 0 Å². The molecule has 1 unspecified atom stereocenters. The van der Waals surface area contributed by atoms with Crippen molar-refractivity contribution in [2.24, 2.45) is 0 Å². The van der Waals surface area contributed by atoms with Crippen LogP contribution >= 0.6 is 0 Å². The number of carbonyl (C=O) groups excluding carboxylic acids is 3. The first kappa shape index (κ1) is 13.4. The number of anilines is 1. The van der Waals surface area contributed by atoms with Crippen molar-refractivity contribution in [2.75, 3.05) is 4.90 Å². The SMILES string of the molecule is CC(=O)N(C(C)=O)c1cccc2c1C(=O)C(F)CC2. The number of aryl methyl sites for hydroxylation is 1. The number of imide groups is 1. The Morgan fingerprint density at radius 1 is 1.26 bits per heavy atom. The van der Waals surface area contributed by atoms with Crippen molar-refractivity contribution >= 4 is 23.3 Å². The number of rotatable bonds is 1. The fourth-order valence-corrected chi connectivity index (χ4v) is 2.40. The van der Waals surface area contributed by atoms with Crippen molar-refractivity contribution in [3.63, 3.8) is 0 Å². The minimum Gasteiger partial charge on any atom is -0.291 e. The number of nitrogens with zero attached hydrogens (tertiary/aromatic N) is 1. The third-order valence-corrected chi connectivity index (χ3v) is 3.20. The topological polar surface area (TPSA) is 54.5 Å². The molecular formula is C14H14FNO3. The molecule has 0 N–H and O–H groups in total. The van der Waals surface area contributed by atoms with Crippen molar-refractivity contribution < 1.29 is 18.8 Å². The molecule has 0 spiro atoms. The van der Waals surface area contributed by atoms with E-state index in [2.05, 4.69) is 0 Å². The number of carbonyl (C=O) groups is 3. The lowest BCUT2D eigenvalue weighted by Crippen LogP contribution is -2.36. The van der Waals surface area contributed by atoms with Crippen LogP contribution in [0.25, 0.3) is 0 Å². The number of hydrogen-bond acceptors (Lipinski definition) is 3. The van der Waals surface area contributed by atoms with Gasteiger partial charge in [0.1, 0.15) is 0 Å². The molecule has 19 heavy (non-hydrogen) atoms. The van der Waals surface area contributed by atoms with Crippen LogP contribution < -0.4 is 4.90 Å². The van der Waals surface area contributed by atoms with Crippen LogP contribution in [-0.2, 0) is 16.0 Å². The Hall–Kier alpha value is -2.04. The van der Waals surface area contributed by atoms with Gasteiger partial charge in [-0.1, -0.05) is 12.1 Å². The number of benzene rings is 1. The lowest BCUT2D eigenvalue weighted by atomic mass is 9.88. The van der Waals surface area contributed by atoms with Gasteiger partial charge in [0, 0.05) is 19.4 Å². The number of hydrogen-bond donors (Lipinski definition) is 0. The summed E-state index contributed by atoms with van der Waals surface area (Å²) in [6.07, 6.45) is -0.982. The van der Waals surface area contributed by atoms with E-state index in [1.165, 1.54) is 19.9 Å². The molecule has 2 rings (SSSR count). The van der Waals surface area contributed by atoms with E-state index >= 15 is 0 Å². The van der Waals surface area contributed by atoms with Gasteiger partial charge < -0.3 is 0 Å². The molecule has 4 nitrogen and oxygen atoms in total. The second kappa shape index (κ2) is 4.91. The third-order valence-electron chi connectivity index (χ3n) is 3.20. The van der Waals surface area contributed by atoms with Gasteiger partial charge in [-0.25, -0.2) is 4.39 Å². The van der Waals surface area contributed by atoms with Crippen LogP contribution in [0.1, 0.15) is 36.2 Å². The first-order chi connectivity index (χ1) is 8.93. The Balaban J connectivity index is 2.62. The number of amides is 2. The average molecular weight is 263 g/mol. The molecule has 0 aromatic heterocycles. The fourth-order valence-electron chi connectivity index (χ4n) is 2.40. The Bertz CT molecular complexity index is 554. The molecule has 0 heterocycles. The van der Waals surface area contributed by atoms with E-state index in [9.17, 15) is 18.8 Å². The lowest BCUT2D eigenvalue weighted by molar-refractivity contribution is -0.124. The average Bonchev–Trinajstić information content (AvgIpc) is 2.33. The standard InChI is InChI=1S/C14H14FNO3/c1-8(17)16(9(2)18)12-5-3-4-10-6-7-11(15)14(19)13(10)12/h3-5,11H,6-7H2,1-2H3. The van der Waals surface area contributed by atoms with E-state index in [0.717, 1.165) is 4.90 Å². The normalized spacial score (nSPS) is 17.8. The Kier molecular flexibility index (Phi) is 3.46. The second-order valence-electron chi connectivity index (χ2n) is 4.56. The molecule has 0 saturated heterocycles. The Morgan fingerprint density at radius 3 is 2.47 bits per heavy atom. The summed E-state index contributed by atoms with van der Waals surface area (Å²) >= 11 is 0. The summed E-state index contributed by atoms with van der Waals surface area (Å²) in [7, 11) is 0. The fraction of sp³-hybridized carbons (Fsp3) is 0.357. The van der Waals surface area contributed by atoms with Gasteiger partial charge in [0.2, 0.25) is 11.8 Å². The van der Waals surface area contributed by atoms with Gasteiger partial charge in [0.25, 0.3) is 0 Å². The predicted molar refractivity (Wildman–Crippen MR) is 67.8 cm³/mol. The lowest BCUT2D eigenvalue weighted by Gasteiger charge is -2.25. The number of alkyl halides is 1. The van der Waals surface area contributed by atoms with Gasteiger partial charge in [-0.15, -0.1) is 0 Å². The van der Waals surface area contributed by atoms with Gasteiger partial charge in [-0.3, -0.25) is 19.3 Å². The summed E-state index contributed by atoms with van der Waals surface area (Å²) in [6, 6.07) is 4.89. The van der Waals surface area contributed by atoms with Crippen LogP contribution in [0.3, 0.4) is 0 Å². The Labute approximate surface area is 110 Å². The highest BCUT2D eigenvalue weighted by atomic mass is 19.1. The van der Waals surface area contributed by atoms with Gasteiger partial charge in [-0.2, -0.15) is 0 Å². The number of fused-ring (bicyclic) bond motifs is 1. The molecule has 0 bridgehead atoms. The van der Waals surface area contributed by atoms with Gasteiger partial charge >= 0.3 is 0 Å². The first-order valence-electron chi connectivity index (χ1n) is 6.05. The summed E-state index contributed by atoms with van der Waals surface area (Å²) in [6.45, 7) is 2.47. The molecule has 1 aliphatic rings. The van der Waals surface area contributed by atoms with Crippen molar-refractivity contribution in [1.82, 2.24) is 0 Å². The maximum Gasteiger partial charge on any atom is 0.230 e. The molecule has 0 radical (unpaired) electrons. The first-order valence-corrected chi connectivity index (χ1v) is 6.05. The number of halogens is 1. The molecule has 0 aliphatic heterocycles. The summed E-state index contributed by atoms with van der Waals surface area (Å²) in [5, 5.41) is 0. The van der Waals surface area contributed by atoms with Gasteiger partial charge in [0.15, 0.2) is 12.0 Å². The van der Waals surface area contributed by atoms with E-state index < -0.39 is 23.8 Å². The maximum absolute atomic E-state index is 13.6. The molecule has 1 aromatic rings. The van der Waals surface area contributed by atoms with Crippen molar-refractivity contribution in [2.45, 2.75) is 32.9 Å². The molecule has 2 amide bonds. The molecule has 100 valence electrons. The highest BCUT2D eigenvalue weighted by Crippen LogP contribution is 2.31. The van der Waals surface area contributed by atoms with Crippen LogP contribution in [0.2, 0.25) is 0 Å².